The molecule has 39 heteroatoms. The van der Waals surface area contributed by atoms with Crippen molar-refractivity contribution in [1.82, 2.24) is 0 Å². The number of carboxylic acid groups (broad SMARTS) is 2. The Kier molecular flexibility index (Phi) is 24.3. The van der Waals surface area contributed by atoms with E-state index in [9.17, 15) is 117 Å². The first-order valence-electron chi connectivity index (χ1n) is 30.2. The number of hydrogen-bond donors (Lipinski definition) is 23. The van der Waals surface area contributed by atoms with Crippen LogP contribution in [-0.4, -0.2) is 380 Å². The number of rotatable bonds is 13. The van der Waals surface area contributed by atoms with E-state index in [4.69, 9.17) is 66.3 Å². The van der Waals surface area contributed by atoms with E-state index < -0.39 is 273 Å². The van der Waals surface area contributed by atoms with Crippen LogP contribution in [0.1, 0.15) is 20.7 Å². The van der Waals surface area contributed by atoms with Crippen molar-refractivity contribution < 1.29 is 183 Å². The van der Waals surface area contributed by atoms with E-state index >= 15 is 0 Å². The molecule has 0 saturated carbocycles. The number of ether oxygens (including phenoxy) is 14. The molecule has 23 N–H and O–H groups in total. The first-order valence-corrected chi connectivity index (χ1v) is 30.2. The second-order valence-corrected chi connectivity index (χ2v) is 23.7. The number of aromatic carboxylic acids is 2. The standard InChI is InChI=1S/C56H80N2O37/c59-11-22-43-30(67)37(74)53(85-22)93-45-24(13-61)87-55(39(76)32(45)69)95-47-26(15-63)88-56(40(77)33(47)70)94-46-25(14-62)86-54(38(75)31(46)68)92-44-23(12-60)84-52(36(73)29(44)66)90-42-21(10-58-19-8-4-2-6-17(19)49(80)81)82-50(34(71)27(42)64)89-41-20(83-51(91-43)35(72)28(41)65)9-57-18-7-3-1-5-16(18)48(78)79/h1-8,20-47,50-77H,9-15H2,(H,78,79)(H,80,81)/t20-,21-,22-,23-,24-,25-,26-,27-,28-,29-,30-,31-,32-,33-,34-,35-,36-,37-,38-,39-,40-,41-,42-,43-,44-,45-,46-,47-,50-,51-,52-,53-,54-,55-,56-/m1/s1. The predicted octanol–water partition coefficient (Wildman–Crippen LogP) is -11.6. The molecule has 0 unspecified atom stereocenters. The van der Waals surface area contributed by atoms with Crippen LogP contribution in [0.3, 0.4) is 0 Å². The van der Waals surface area contributed by atoms with Gasteiger partial charge in [0, 0.05) is 24.5 Å². The fraction of sp³-hybridized carbons (Fsp3) is 0.750. The van der Waals surface area contributed by atoms with Crippen LogP contribution in [0.5, 0.6) is 0 Å². The second-order valence-electron chi connectivity index (χ2n) is 23.7. The molecule has 23 rings (SSSR count). The van der Waals surface area contributed by atoms with Crippen LogP contribution in [0.4, 0.5) is 11.4 Å². The molecular weight excluding hydrogens is 1290 g/mol. The van der Waals surface area contributed by atoms with Gasteiger partial charge in [-0.1, -0.05) is 24.3 Å². The first-order chi connectivity index (χ1) is 45.3. The summed E-state index contributed by atoms with van der Waals surface area (Å²) in [5.74, 6) is -2.82. The highest BCUT2D eigenvalue weighted by molar-refractivity contribution is 5.94. The van der Waals surface area contributed by atoms with Gasteiger partial charge in [0.15, 0.2) is 44.0 Å². The number of anilines is 2. The summed E-state index contributed by atoms with van der Waals surface area (Å²) < 4.78 is 82.5. The largest absolute Gasteiger partial charge is 0.478 e. The Hall–Kier alpha value is -4.34. The van der Waals surface area contributed by atoms with Crippen LogP contribution in [-0.2, 0) is 66.3 Å². The summed E-state index contributed by atoms with van der Waals surface area (Å²) in [5.41, 5.74) is -0.676. The van der Waals surface area contributed by atoms with Crippen LogP contribution in [0.2, 0.25) is 0 Å². The van der Waals surface area contributed by atoms with E-state index in [2.05, 4.69) is 10.6 Å². The van der Waals surface area contributed by atoms with Gasteiger partial charge in [-0.3, -0.25) is 0 Å². The van der Waals surface area contributed by atoms with Gasteiger partial charge in [0.2, 0.25) is 0 Å². The van der Waals surface area contributed by atoms with Crippen LogP contribution in [0.25, 0.3) is 0 Å². The van der Waals surface area contributed by atoms with Crippen molar-refractivity contribution in [2.45, 2.75) is 215 Å². The fourth-order valence-corrected chi connectivity index (χ4v) is 12.5. The van der Waals surface area contributed by atoms with Crippen LogP contribution >= 0.6 is 0 Å². The second kappa shape index (κ2) is 31.5. The molecule has 0 aliphatic carbocycles. The predicted molar refractivity (Wildman–Crippen MR) is 298 cm³/mol. The normalized spacial score (nSPS) is 46.9. The monoisotopic (exact) mass is 1370 g/mol. The molecule has 21 fully saturated rings. The van der Waals surface area contributed by atoms with Crippen molar-refractivity contribution in [3.05, 3.63) is 59.7 Å². The van der Waals surface area contributed by atoms with Gasteiger partial charge in [-0.2, -0.15) is 0 Å². The topological polar surface area (TPSA) is 612 Å². The van der Waals surface area contributed by atoms with Gasteiger partial charge in [0.25, 0.3) is 0 Å². The molecule has 95 heavy (non-hydrogen) atoms. The Morgan fingerprint density at radius 2 is 0.453 bits per heavy atom. The third-order valence-corrected chi connectivity index (χ3v) is 17.7. The van der Waals surface area contributed by atoms with Gasteiger partial charge >= 0.3 is 11.9 Å². The Labute approximate surface area is 536 Å². The summed E-state index contributed by atoms with van der Waals surface area (Å²) in [5, 5.41) is 242. The molecule has 21 aliphatic heterocycles. The minimum absolute atomic E-state index is 0.0533. The summed E-state index contributed by atoms with van der Waals surface area (Å²) in [6, 6.07) is 10.9. The molecule has 39 nitrogen and oxygen atoms in total. The molecular formula is C56H80N2O37. The Bertz CT molecular complexity index is 2750. The van der Waals surface area contributed by atoms with Crippen molar-refractivity contribution in [3.63, 3.8) is 0 Å². The van der Waals surface area contributed by atoms with Gasteiger partial charge < -0.3 is 184 Å². The molecule has 0 aromatic heterocycles. The SMILES string of the molecule is O=C(O)c1ccccc1NC[C@H]1O[C@@H]2O[C@H]3[C@H](O)[C@@H](O)[C@@H](O[C@H]4[C@H](O)[C@@H](O)[C@@H](O[C@H]5[C@H](O)[C@@H](O)[C@@H](O[C@H]6[C@H](O)[C@@H](O)[C@@H](O[C@H]7[C@H](O)[C@@H](O)[C@@H](O[C@H]8[C@H](O)[C@@H](O)[C@@H](O[C@H]1[C@H](O)[C@H]2O)O[C@@H]8CO)O[C@@H]7CO)O[C@@H]6CO)O[C@@H]5CO)O[C@@H]4CO)O[C@@H]3CNc1ccccc1C(=O)O. The molecule has 0 amide bonds. The third-order valence-electron chi connectivity index (χ3n) is 17.7. The lowest BCUT2D eigenvalue weighted by molar-refractivity contribution is -0.396. The summed E-state index contributed by atoms with van der Waals surface area (Å²) in [6.07, 6.45) is -72.5. The van der Waals surface area contributed by atoms with Crippen LogP contribution < -0.4 is 10.6 Å². The molecule has 536 valence electrons. The molecule has 21 saturated heterocycles. The van der Waals surface area contributed by atoms with E-state index in [-0.39, 0.29) is 22.5 Å². The van der Waals surface area contributed by atoms with Crippen molar-refractivity contribution in [2.24, 2.45) is 0 Å². The number of hydrogen-bond acceptors (Lipinski definition) is 37. The van der Waals surface area contributed by atoms with Crippen molar-refractivity contribution in [3.8, 4) is 0 Å². The lowest BCUT2D eigenvalue weighted by Crippen LogP contribution is -2.68. The van der Waals surface area contributed by atoms with Crippen molar-refractivity contribution in [2.75, 3.05) is 56.8 Å². The van der Waals surface area contributed by atoms with Gasteiger partial charge in [-0.25, -0.2) is 9.59 Å². The number of aliphatic hydroxyl groups is 19. The summed E-state index contributed by atoms with van der Waals surface area (Å²) in [7, 11) is 0. The molecule has 0 radical (unpaired) electrons. The van der Waals surface area contributed by atoms with E-state index in [0.717, 1.165) is 0 Å². The molecule has 21 aliphatic rings. The zero-order valence-corrected chi connectivity index (χ0v) is 49.7. The van der Waals surface area contributed by atoms with E-state index in [1.807, 2.05) is 0 Å². The zero-order valence-electron chi connectivity index (χ0n) is 49.7. The smallest absolute Gasteiger partial charge is 0.337 e. The fourth-order valence-electron chi connectivity index (χ4n) is 12.5. The molecule has 21 heterocycles. The van der Waals surface area contributed by atoms with Crippen molar-refractivity contribution in [1.29, 1.82) is 0 Å². The maximum absolute atomic E-state index is 12.3. The summed E-state index contributed by atoms with van der Waals surface area (Å²) in [4.78, 5) is 24.6. The quantitative estimate of drug-likeness (QED) is 0.0885. The Balaban J connectivity index is 0.990. The number of aliphatic hydroxyl groups excluding tert-OH is 19. The average molecular weight is 1370 g/mol. The first kappa shape index (κ1) is 73.4. The van der Waals surface area contributed by atoms with Gasteiger partial charge in [0.05, 0.1) is 44.2 Å². The minimum Gasteiger partial charge on any atom is -0.478 e. The Morgan fingerprint density at radius 1 is 0.274 bits per heavy atom. The number of para-hydroxylation sites is 2. The average Bonchev–Trinajstić information content (AvgIpc) is 0.916. The lowest BCUT2D eigenvalue weighted by atomic mass is 9.94. The van der Waals surface area contributed by atoms with Gasteiger partial charge in [0.1, 0.15) is 171 Å². The highest BCUT2D eigenvalue weighted by Crippen LogP contribution is 2.40. The van der Waals surface area contributed by atoms with E-state index in [1.165, 1.54) is 48.5 Å². The van der Waals surface area contributed by atoms with E-state index in [1.54, 1.807) is 0 Å². The summed E-state index contributed by atoms with van der Waals surface area (Å²) in [6.45, 7) is -6.66. The maximum atomic E-state index is 12.3. The number of carbonyl (C=O) groups is 2. The maximum Gasteiger partial charge on any atom is 0.337 e. The molecule has 2 aromatic carbocycles. The van der Waals surface area contributed by atoms with E-state index in [0.29, 0.717) is 0 Å². The molecule has 0 spiro atoms. The highest BCUT2D eigenvalue weighted by atomic mass is 16.8. The number of nitrogens with one attached hydrogen (secondary N) is 2. The molecule has 35 atom stereocenters. The van der Waals surface area contributed by atoms with Crippen molar-refractivity contribution >= 4 is 23.3 Å². The highest BCUT2D eigenvalue weighted by Gasteiger charge is 2.60. The third kappa shape index (κ3) is 15.1. The van der Waals surface area contributed by atoms with Gasteiger partial charge in [-0.05, 0) is 24.3 Å². The van der Waals surface area contributed by atoms with Gasteiger partial charge in [-0.15, -0.1) is 0 Å². The Morgan fingerprint density at radius 3 is 0.642 bits per heavy atom. The van der Waals surface area contributed by atoms with Crippen LogP contribution in [0.15, 0.2) is 48.5 Å². The number of benzene rings is 2. The summed E-state index contributed by atoms with van der Waals surface area (Å²) >= 11 is 0. The molecule has 14 bridgehead atoms. The molecule has 2 aromatic rings. The van der Waals surface area contributed by atoms with Crippen LogP contribution in [0, 0.1) is 0 Å². The number of carboxylic acids is 2. The zero-order chi connectivity index (χ0) is 68.6. The lowest BCUT2D eigenvalue weighted by Gasteiger charge is -2.50. The minimum atomic E-state index is -2.32.